The second-order valence-corrected chi connectivity index (χ2v) is 2.82. The first kappa shape index (κ1) is 10.2. The lowest BCUT2D eigenvalue weighted by molar-refractivity contribution is 0.0622. The molecule has 1 rings (SSSR count). The number of hydrogen-bond acceptors (Lipinski definition) is 2. The zero-order chi connectivity index (χ0) is 6.74. The van der Waals surface area contributed by atoms with Crippen LogP contribution in [0.25, 0.3) is 0 Å². The molecule has 0 aromatic carbocycles. The first-order valence-electron chi connectivity index (χ1n) is 3.51. The quantitative estimate of drug-likeness (QED) is 0.679. The Hall–Kier alpha value is 0.210. The molecule has 1 fully saturated rings. The van der Waals surface area contributed by atoms with Crippen LogP contribution in [-0.4, -0.2) is 26.3 Å². The van der Waals surface area contributed by atoms with Gasteiger partial charge < -0.3 is 10.1 Å². The van der Waals surface area contributed by atoms with E-state index in [4.69, 9.17) is 4.74 Å². The molecule has 1 saturated carbocycles. The molecule has 1 aliphatic carbocycles. The average molecular weight is 166 g/mol. The molecule has 2 nitrogen and oxygen atoms in total. The van der Waals surface area contributed by atoms with Gasteiger partial charge in [0.25, 0.3) is 0 Å². The summed E-state index contributed by atoms with van der Waals surface area (Å²) in [5.74, 6) is 0. The second-order valence-electron chi connectivity index (χ2n) is 2.82. The molecule has 0 aliphatic heterocycles. The van der Waals surface area contributed by atoms with E-state index in [2.05, 4.69) is 5.32 Å². The third kappa shape index (κ3) is 1.84. The van der Waals surface area contributed by atoms with Gasteiger partial charge in [-0.15, -0.1) is 12.4 Å². The smallest absolute Gasteiger partial charge is 0.0644 e. The van der Waals surface area contributed by atoms with Crippen molar-refractivity contribution in [3.63, 3.8) is 0 Å². The summed E-state index contributed by atoms with van der Waals surface area (Å²) in [4.78, 5) is 0. The number of halogens is 1. The van der Waals surface area contributed by atoms with E-state index in [-0.39, 0.29) is 12.4 Å². The van der Waals surface area contributed by atoms with Crippen molar-refractivity contribution in [3.8, 4) is 0 Å². The van der Waals surface area contributed by atoms with E-state index in [0.717, 1.165) is 6.61 Å². The van der Waals surface area contributed by atoms with Crippen LogP contribution in [0, 0.1) is 0 Å². The molecule has 0 bridgehead atoms. The van der Waals surface area contributed by atoms with Gasteiger partial charge in [-0.3, -0.25) is 0 Å². The molecule has 1 aliphatic rings. The number of nitrogens with one attached hydrogen (secondary N) is 1. The summed E-state index contributed by atoms with van der Waals surface area (Å²) < 4.78 is 5.08. The minimum atomic E-state index is 0. The van der Waals surface area contributed by atoms with Crippen LogP contribution in [0.5, 0.6) is 0 Å². The van der Waals surface area contributed by atoms with Gasteiger partial charge in [0.15, 0.2) is 0 Å². The Morgan fingerprint density at radius 3 is 2.20 bits per heavy atom. The summed E-state index contributed by atoms with van der Waals surface area (Å²) in [6.07, 6.45) is 3.90. The fourth-order valence-electron chi connectivity index (χ4n) is 1.35. The number of rotatable bonds is 3. The Kier molecular flexibility index (Phi) is 4.25. The zero-order valence-electron chi connectivity index (χ0n) is 6.64. The summed E-state index contributed by atoms with van der Waals surface area (Å²) in [5.41, 5.74) is 0.342. The van der Waals surface area contributed by atoms with Gasteiger partial charge in [-0.05, 0) is 26.3 Å². The van der Waals surface area contributed by atoms with Crippen molar-refractivity contribution in [2.45, 2.75) is 24.8 Å². The molecule has 3 heteroatoms. The van der Waals surface area contributed by atoms with Crippen LogP contribution in [0.4, 0.5) is 0 Å². The summed E-state index contributed by atoms with van der Waals surface area (Å²) >= 11 is 0. The Balaban J connectivity index is 0.000000810. The predicted octanol–water partition coefficient (Wildman–Crippen LogP) is 1.20. The molecule has 0 unspecified atom stereocenters. The van der Waals surface area contributed by atoms with Crippen molar-refractivity contribution in [1.82, 2.24) is 5.32 Å². The van der Waals surface area contributed by atoms with Crippen LogP contribution in [0.2, 0.25) is 0 Å². The summed E-state index contributed by atoms with van der Waals surface area (Å²) in [6.45, 7) is 0.865. The molecule has 0 aromatic rings. The number of likely N-dealkylation sites (N-methyl/N-ethyl adjacent to an activating group) is 1. The van der Waals surface area contributed by atoms with E-state index < -0.39 is 0 Å². The summed E-state index contributed by atoms with van der Waals surface area (Å²) in [5, 5.41) is 3.29. The van der Waals surface area contributed by atoms with E-state index in [1.807, 2.05) is 7.05 Å². The third-order valence-corrected chi connectivity index (χ3v) is 2.26. The fourth-order valence-corrected chi connectivity index (χ4v) is 1.35. The van der Waals surface area contributed by atoms with Gasteiger partial charge in [-0.1, -0.05) is 0 Å². The van der Waals surface area contributed by atoms with E-state index in [9.17, 15) is 0 Å². The maximum Gasteiger partial charge on any atom is 0.0644 e. The lowest BCUT2D eigenvalue weighted by Gasteiger charge is -2.41. The van der Waals surface area contributed by atoms with Crippen molar-refractivity contribution in [2.24, 2.45) is 0 Å². The Morgan fingerprint density at radius 2 is 2.10 bits per heavy atom. The molecule has 0 spiro atoms. The number of hydrogen-bond donors (Lipinski definition) is 1. The van der Waals surface area contributed by atoms with Gasteiger partial charge >= 0.3 is 0 Å². The van der Waals surface area contributed by atoms with Crippen molar-refractivity contribution in [3.05, 3.63) is 0 Å². The highest BCUT2D eigenvalue weighted by Crippen LogP contribution is 2.31. The zero-order valence-corrected chi connectivity index (χ0v) is 7.46. The summed E-state index contributed by atoms with van der Waals surface area (Å²) in [6, 6.07) is 0. The van der Waals surface area contributed by atoms with Crippen molar-refractivity contribution in [1.29, 1.82) is 0 Å². The van der Waals surface area contributed by atoms with Crippen LogP contribution < -0.4 is 5.32 Å². The topological polar surface area (TPSA) is 21.3 Å². The normalized spacial score (nSPS) is 21.0. The molecule has 0 saturated heterocycles. The SMILES string of the molecule is CNC1(COC)CCC1.Cl. The highest BCUT2D eigenvalue weighted by atomic mass is 35.5. The average Bonchev–Trinajstić information content (AvgIpc) is 1.79. The largest absolute Gasteiger partial charge is 0.383 e. The maximum atomic E-state index is 5.08. The molecular formula is C7H16ClNO. The minimum absolute atomic E-state index is 0. The molecule has 1 N–H and O–H groups in total. The van der Waals surface area contributed by atoms with Gasteiger partial charge in [0.05, 0.1) is 6.61 Å². The number of ether oxygens (including phenoxy) is 1. The van der Waals surface area contributed by atoms with Crippen molar-refractivity contribution in [2.75, 3.05) is 20.8 Å². The monoisotopic (exact) mass is 165 g/mol. The van der Waals surface area contributed by atoms with Crippen LogP contribution in [0.3, 0.4) is 0 Å². The van der Waals surface area contributed by atoms with Crippen molar-refractivity contribution >= 4 is 12.4 Å². The molecule has 0 atom stereocenters. The molecular weight excluding hydrogens is 150 g/mol. The molecule has 0 heterocycles. The highest BCUT2D eigenvalue weighted by Gasteiger charge is 2.34. The van der Waals surface area contributed by atoms with Crippen LogP contribution in [-0.2, 0) is 4.74 Å². The Labute approximate surface area is 68.7 Å². The fraction of sp³-hybridized carbons (Fsp3) is 1.00. The lowest BCUT2D eigenvalue weighted by Crippen LogP contribution is -2.52. The van der Waals surface area contributed by atoms with Gasteiger partial charge in [0, 0.05) is 12.6 Å². The first-order chi connectivity index (χ1) is 4.33. The maximum absolute atomic E-state index is 5.08. The lowest BCUT2D eigenvalue weighted by atomic mass is 9.78. The Morgan fingerprint density at radius 1 is 1.50 bits per heavy atom. The van der Waals surface area contributed by atoms with Crippen molar-refractivity contribution < 1.29 is 4.74 Å². The van der Waals surface area contributed by atoms with Crippen LogP contribution in [0.1, 0.15) is 19.3 Å². The van der Waals surface area contributed by atoms with E-state index >= 15 is 0 Å². The van der Waals surface area contributed by atoms with Gasteiger partial charge in [-0.2, -0.15) is 0 Å². The third-order valence-electron chi connectivity index (χ3n) is 2.26. The molecule has 10 heavy (non-hydrogen) atoms. The van der Waals surface area contributed by atoms with Crippen LogP contribution >= 0.6 is 12.4 Å². The van der Waals surface area contributed by atoms with Gasteiger partial charge in [-0.25, -0.2) is 0 Å². The Bertz CT molecular complexity index is 88.1. The highest BCUT2D eigenvalue weighted by molar-refractivity contribution is 5.85. The van der Waals surface area contributed by atoms with E-state index in [0.29, 0.717) is 5.54 Å². The molecule has 0 radical (unpaired) electrons. The number of methoxy groups -OCH3 is 1. The predicted molar refractivity (Wildman–Crippen MR) is 44.8 cm³/mol. The van der Waals surface area contributed by atoms with Gasteiger partial charge in [0.2, 0.25) is 0 Å². The van der Waals surface area contributed by atoms with Crippen LogP contribution in [0.15, 0.2) is 0 Å². The molecule has 0 aromatic heterocycles. The van der Waals surface area contributed by atoms with Gasteiger partial charge in [0.1, 0.15) is 0 Å². The molecule has 0 amide bonds. The summed E-state index contributed by atoms with van der Waals surface area (Å²) in [7, 11) is 3.77. The second kappa shape index (κ2) is 4.16. The molecule has 62 valence electrons. The first-order valence-corrected chi connectivity index (χ1v) is 3.51. The van der Waals surface area contributed by atoms with E-state index in [1.165, 1.54) is 19.3 Å². The standard InChI is InChI=1S/C7H15NO.ClH/c1-8-7(6-9-2)4-3-5-7;/h8H,3-6H2,1-2H3;1H. The van der Waals surface area contributed by atoms with E-state index in [1.54, 1.807) is 7.11 Å². The minimum Gasteiger partial charge on any atom is -0.383 e.